The van der Waals surface area contributed by atoms with Crippen molar-refractivity contribution in [1.82, 2.24) is 5.43 Å². The Morgan fingerprint density at radius 1 is 1.23 bits per heavy atom. The first-order chi connectivity index (χ1) is 9.86. The van der Waals surface area contributed by atoms with Crippen molar-refractivity contribution in [3.63, 3.8) is 0 Å². The Bertz CT molecular complexity index is 786. The van der Waals surface area contributed by atoms with Gasteiger partial charge in [-0.25, -0.2) is 13.8 Å². The van der Waals surface area contributed by atoms with E-state index in [4.69, 9.17) is 16.0 Å². The number of nitrogens with zero attached hydrogens (tertiary/aromatic N) is 1. The van der Waals surface area contributed by atoms with Gasteiger partial charge >= 0.3 is 29.6 Å². The van der Waals surface area contributed by atoms with E-state index in [2.05, 4.69) is 10.5 Å². The van der Waals surface area contributed by atoms with Crippen LogP contribution < -0.4 is 35.0 Å². The van der Waals surface area contributed by atoms with Crippen LogP contribution in [0.25, 0.3) is 0 Å². The first-order valence-corrected chi connectivity index (χ1v) is 7.29. The van der Waals surface area contributed by atoms with E-state index in [1.165, 1.54) is 18.2 Å². The second-order valence-electron chi connectivity index (χ2n) is 3.82. The van der Waals surface area contributed by atoms with Crippen LogP contribution in [0.15, 0.2) is 51.0 Å². The molecule has 0 radical (unpaired) electrons. The van der Waals surface area contributed by atoms with Crippen LogP contribution >= 0.6 is 11.6 Å². The molecule has 0 fully saturated rings. The summed E-state index contributed by atoms with van der Waals surface area (Å²) in [6.07, 6.45) is 1.07. The molecule has 1 N–H and O–H groups in total. The van der Waals surface area contributed by atoms with E-state index < -0.39 is 21.1 Å². The molecule has 2 aromatic rings. The number of hydrazone groups is 1. The average Bonchev–Trinajstić information content (AvgIpc) is 2.88. The van der Waals surface area contributed by atoms with Crippen LogP contribution in [-0.4, -0.2) is 25.1 Å². The number of amides is 1. The molecule has 0 saturated heterocycles. The Morgan fingerprint density at radius 3 is 2.41 bits per heavy atom. The fourth-order valence-corrected chi connectivity index (χ4v) is 1.92. The SMILES string of the molecule is O=C(NN=Cc1ccc(S(=O)(=O)[O-])o1)c1ccc(Cl)cc1.[Na+]. The van der Waals surface area contributed by atoms with E-state index in [0.29, 0.717) is 10.6 Å². The molecule has 0 aliphatic carbocycles. The van der Waals surface area contributed by atoms with Gasteiger partial charge in [-0.2, -0.15) is 5.10 Å². The third kappa shape index (κ3) is 5.24. The number of hydrogen-bond donors (Lipinski definition) is 1. The van der Waals surface area contributed by atoms with Gasteiger partial charge in [0.2, 0.25) is 5.09 Å². The number of carbonyl (C=O) groups is 1. The van der Waals surface area contributed by atoms with Crippen LogP contribution in [0.4, 0.5) is 0 Å². The molecule has 110 valence electrons. The normalized spacial score (nSPS) is 11.2. The second-order valence-corrected chi connectivity index (χ2v) is 5.56. The fourth-order valence-electron chi connectivity index (χ4n) is 1.36. The summed E-state index contributed by atoms with van der Waals surface area (Å²) in [4.78, 5) is 11.7. The molecule has 1 aromatic carbocycles. The first-order valence-electron chi connectivity index (χ1n) is 5.51. The summed E-state index contributed by atoms with van der Waals surface area (Å²) in [5.41, 5.74) is 2.56. The smallest absolute Gasteiger partial charge is 0.742 e. The van der Waals surface area contributed by atoms with E-state index >= 15 is 0 Å². The maximum absolute atomic E-state index is 11.7. The van der Waals surface area contributed by atoms with Gasteiger partial charge in [-0.3, -0.25) is 4.79 Å². The molecule has 0 aliphatic rings. The zero-order valence-corrected chi connectivity index (χ0v) is 14.9. The summed E-state index contributed by atoms with van der Waals surface area (Å²) in [7, 11) is -4.65. The van der Waals surface area contributed by atoms with E-state index in [9.17, 15) is 17.8 Å². The maximum atomic E-state index is 11.7. The minimum atomic E-state index is -4.65. The molecule has 0 spiro atoms. The first kappa shape index (κ1) is 18.9. The number of rotatable bonds is 4. The Balaban J connectivity index is 0.00000242. The van der Waals surface area contributed by atoms with Gasteiger partial charge in [0, 0.05) is 10.6 Å². The van der Waals surface area contributed by atoms with Crippen LogP contribution in [-0.2, 0) is 10.1 Å². The van der Waals surface area contributed by atoms with Crippen molar-refractivity contribution < 1.29 is 51.7 Å². The molecule has 1 aromatic heterocycles. The third-order valence-corrected chi connectivity index (χ3v) is 3.28. The quantitative estimate of drug-likeness (QED) is 0.315. The number of benzene rings is 1. The van der Waals surface area contributed by atoms with Gasteiger partial charge in [0.05, 0.1) is 6.21 Å². The Morgan fingerprint density at radius 2 is 1.86 bits per heavy atom. The molecule has 10 heteroatoms. The van der Waals surface area contributed by atoms with Gasteiger partial charge in [0.15, 0.2) is 10.1 Å². The van der Waals surface area contributed by atoms with Crippen molar-refractivity contribution >= 4 is 33.8 Å². The topological polar surface area (TPSA) is 112 Å². The van der Waals surface area contributed by atoms with Crippen molar-refractivity contribution in [1.29, 1.82) is 0 Å². The molecule has 7 nitrogen and oxygen atoms in total. The van der Waals surface area contributed by atoms with Crippen LogP contribution in [0.2, 0.25) is 5.02 Å². The van der Waals surface area contributed by atoms with Gasteiger partial charge in [-0.15, -0.1) is 0 Å². The van der Waals surface area contributed by atoms with Crippen molar-refractivity contribution in [2.75, 3.05) is 0 Å². The van der Waals surface area contributed by atoms with Gasteiger partial charge in [0.1, 0.15) is 5.76 Å². The summed E-state index contributed by atoms with van der Waals surface area (Å²) in [5.74, 6) is -0.466. The summed E-state index contributed by atoms with van der Waals surface area (Å²) >= 11 is 5.69. The van der Waals surface area contributed by atoms with Crippen molar-refractivity contribution in [3.8, 4) is 0 Å². The average molecular weight is 351 g/mol. The number of halogens is 1. The third-order valence-electron chi connectivity index (χ3n) is 2.31. The molecule has 1 heterocycles. The van der Waals surface area contributed by atoms with Gasteiger partial charge < -0.3 is 8.97 Å². The Labute approximate surface area is 153 Å². The molecule has 22 heavy (non-hydrogen) atoms. The minimum absolute atomic E-state index is 0. The monoisotopic (exact) mass is 350 g/mol. The Hall–Kier alpha value is -1.16. The molecular formula is C12H8ClN2NaO5S. The predicted octanol–water partition coefficient (Wildman–Crippen LogP) is -1.39. The van der Waals surface area contributed by atoms with E-state index in [-0.39, 0.29) is 35.3 Å². The second kappa shape index (κ2) is 7.91. The number of carbonyl (C=O) groups excluding carboxylic acids is 1. The van der Waals surface area contributed by atoms with Crippen molar-refractivity contribution in [2.45, 2.75) is 5.09 Å². The molecule has 0 saturated carbocycles. The van der Waals surface area contributed by atoms with E-state index in [1.807, 2.05) is 0 Å². The summed E-state index contributed by atoms with van der Waals surface area (Å²) in [6, 6.07) is 8.38. The minimum Gasteiger partial charge on any atom is -0.742 e. The molecule has 2 rings (SSSR count). The summed E-state index contributed by atoms with van der Waals surface area (Å²) in [6.45, 7) is 0. The van der Waals surface area contributed by atoms with E-state index in [0.717, 1.165) is 12.3 Å². The van der Waals surface area contributed by atoms with Gasteiger partial charge in [-0.1, -0.05) is 11.6 Å². The van der Waals surface area contributed by atoms with Gasteiger partial charge in [0.25, 0.3) is 5.91 Å². The summed E-state index contributed by atoms with van der Waals surface area (Å²) < 4.78 is 36.7. The molecule has 0 aliphatic heterocycles. The zero-order chi connectivity index (χ0) is 15.5. The molecule has 0 atom stereocenters. The van der Waals surface area contributed by atoms with Crippen molar-refractivity contribution in [3.05, 3.63) is 52.7 Å². The maximum Gasteiger partial charge on any atom is 1.00 e. The number of hydrogen-bond acceptors (Lipinski definition) is 6. The largest absolute Gasteiger partial charge is 1.00 e. The van der Waals surface area contributed by atoms with E-state index in [1.54, 1.807) is 12.1 Å². The molecule has 0 bridgehead atoms. The van der Waals surface area contributed by atoms with Crippen LogP contribution in [0.1, 0.15) is 16.1 Å². The molecule has 1 amide bonds. The van der Waals surface area contributed by atoms with Crippen LogP contribution in [0.5, 0.6) is 0 Å². The molecule has 0 unspecified atom stereocenters. The standard InChI is InChI=1S/C12H9ClN2O5S.Na/c13-9-3-1-8(2-4-9)12(16)15-14-7-10-5-6-11(20-10)21(17,18)19;/h1-7H,(H,15,16)(H,17,18,19);/q;+1/p-1. The number of furan rings is 1. The van der Waals surface area contributed by atoms with Crippen molar-refractivity contribution in [2.24, 2.45) is 5.10 Å². The summed E-state index contributed by atoms with van der Waals surface area (Å²) in [5, 5.41) is 3.37. The zero-order valence-electron chi connectivity index (χ0n) is 11.3. The van der Waals surface area contributed by atoms with Gasteiger partial charge in [-0.05, 0) is 36.4 Å². The van der Waals surface area contributed by atoms with Crippen LogP contribution in [0.3, 0.4) is 0 Å². The predicted molar refractivity (Wildman–Crippen MR) is 73.2 cm³/mol. The number of nitrogens with one attached hydrogen (secondary N) is 1. The fraction of sp³-hybridized carbons (Fsp3) is 0. The van der Waals surface area contributed by atoms with Crippen LogP contribution in [0, 0.1) is 0 Å². The Kier molecular flexibility index (Phi) is 6.79. The molecular weight excluding hydrogens is 343 g/mol.